The van der Waals surface area contributed by atoms with Crippen LogP contribution in [0.1, 0.15) is 38.3 Å². The van der Waals surface area contributed by atoms with Crippen molar-refractivity contribution in [2.24, 2.45) is 0 Å². The van der Waals surface area contributed by atoms with Crippen molar-refractivity contribution in [3.05, 3.63) is 29.3 Å². The molecule has 4 heteroatoms. The van der Waals surface area contributed by atoms with Crippen LogP contribution in [0.4, 0.5) is 5.69 Å². The Morgan fingerprint density at radius 2 is 1.87 bits per heavy atom. The molecule has 2 N–H and O–H groups in total. The van der Waals surface area contributed by atoms with Crippen molar-refractivity contribution in [1.82, 2.24) is 10.2 Å². The monoisotopic (exact) mass is 319 g/mol. The second kappa shape index (κ2) is 8.13. The number of benzene rings is 1. The van der Waals surface area contributed by atoms with Crippen molar-refractivity contribution < 1.29 is 5.11 Å². The van der Waals surface area contributed by atoms with Crippen LogP contribution in [-0.2, 0) is 12.0 Å². The van der Waals surface area contributed by atoms with Gasteiger partial charge < -0.3 is 20.2 Å². The normalized spacial score (nSPS) is 16.2. The number of nitrogens with zero attached hydrogens (tertiary/aromatic N) is 2. The van der Waals surface area contributed by atoms with Crippen molar-refractivity contribution in [3.8, 4) is 0 Å². The first kappa shape index (κ1) is 18.2. The summed E-state index contributed by atoms with van der Waals surface area (Å²) in [5.74, 6) is 0. The number of hydrogen-bond acceptors (Lipinski definition) is 4. The molecule has 0 spiro atoms. The van der Waals surface area contributed by atoms with Crippen LogP contribution in [0.3, 0.4) is 0 Å². The third-order valence-electron chi connectivity index (χ3n) is 4.48. The van der Waals surface area contributed by atoms with Crippen LogP contribution in [-0.4, -0.2) is 56.4 Å². The van der Waals surface area contributed by atoms with Gasteiger partial charge in [0.2, 0.25) is 0 Å². The predicted molar refractivity (Wildman–Crippen MR) is 98.3 cm³/mol. The topological polar surface area (TPSA) is 38.7 Å². The number of hydrogen-bond donors (Lipinski definition) is 2. The summed E-state index contributed by atoms with van der Waals surface area (Å²) >= 11 is 0. The van der Waals surface area contributed by atoms with Crippen molar-refractivity contribution >= 4 is 5.69 Å². The molecular formula is C19H33N3O. The van der Waals surface area contributed by atoms with Gasteiger partial charge in [-0.1, -0.05) is 26.8 Å². The van der Waals surface area contributed by atoms with E-state index in [4.69, 9.17) is 5.11 Å². The standard InChI is InChI=1S/C19H33N3O/c1-19(2,3)17-12-16(15-21(4)8-5-11-23)13-18(14-17)22-9-6-20-7-10-22/h12-14,20,23H,5-11,15H2,1-4H3. The summed E-state index contributed by atoms with van der Waals surface area (Å²) in [7, 11) is 2.13. The van der Waals surface area contributed by atoms with Gasteiger partial charge >= 0.3 is 0 Å². The number of piperazine rings is 1. The number of aliphatic hydroxyl groups excluding tert-OH is 1. The third kappa shape index (κ3) is 5.48. The van der Waals surface area contributed by atoms with Gasteiger partial charge in [-0.15, -0.1) is 0 Å². The first-order chi connectivity index (χ1) is 10.9. The number of anilines is 1. The molecule has 0 aliphatic carbocycles. The molecular weight excluding hydrogens is 286 g/mol. The Bertz CT molecular complexity index is 490. The molecule has 23 heavy (non-hydrogen) atoms. The molecule has 0 bridgehead atoms. The lowest BCUT2D eigenvalue weighted by Gasteiger charge is -2.32. The Morgan fingerprint density at radius 1 is 1.17 bits per heavy atom. The average molecular weight is 319 g/mol. The van der Waals surface area contributed by atoms with Crippen LogP contribution >= 0.6 is 0 Å². The number of aliphatic hydroxyl groups is 1. The lowest BCUT2D eigenvalue weighted by Crippen LogP contribution is -2.43. The Labute approximate surface area is 141 Å². The summed E-state index contributed by atoms with van der Waals surface area (Å²) in [4.78, 5) is 4.78. The van der Waals surface area contributed by atoms with E-state index in [1.165, 1.54) is 16.8 Å². The van der Waals surface area contributed by atoms with Crippen LogP contribution < -0.4 is 10.2 Å². The Morgan fingerprint density at radius 3 is 2.48 bits per heavy atom. The van der Waals surface area contributed by atoms with Gasteiger partial charge in [0.1, 0.15) is 0 Å². The van der Waals surface area contributed by atoms with Crippen molar-refractivity contribution in [2.45, 2.75) is 39.2 Å². The average Bonchev–Trinajstić information content (AvgIpc) is 2.52. The highest BCUT2D eigenvalue weighted by atomic mass is 16.3. The van der Waals surface area contributed by atoms with Crippen LogP contribution in [0.5, 0.6) is 0 Å². The maximum Gasteiger partial charge on any atom is 0.0443 e. The Hall–Kier alpha value is -1.10. The smallest absolute Gasteiger partial charge is 0.0443 e. The van der Waals surface area contributed by atoms with E-state index in [0.717, 1.165) is 45.7 Å². The molecule has 1 aromatic carbocycles. The quantitative estimate of drug-likeness (QED) is 0.843. The van der Waals surface area contributed by atoms with E-state index in [-0.39, 0.29) is 12.0 Å². The molecule has 0 aromatic heterocycles. The minimum absolute atomic E-state index is 0.155. The molecule has 1 aliphatic rings. The summed E-state index contributed by atoms with van der Waals surface area (Å²) in [6.45, 7) is 13.2. The zero-order valence-electron chi connectivity index (χ0n) is 15.2. The first-order valence-corrected chi connectivity index (χ1v) is 8.79. The zero-order valence-corrected chi connectivity index (χ0v) is 15.2. The highest BCUT2D eigenvalue weighted by Crippen LogP contribution is 2.29. The van der Waals surface area contributed by atoms with Gasteiger partial charge in [-0.3, -0.25) is 0 Å². The number of rotatable bonds is 6. The second-order valence-electron chi connectivity index (χ2n) is 7.69. The summed E-state index contributed by atoms with van der Waals surface area (Å²) < 4.78 is 0. The molecule has 2 rings (SSSR count). The molecule has 0 saturated carbocycles. The van der Waals surface area contributed by atoms with Crippen molar-refractivity contribution in [3.63, 3.8) is 0 Å². The van der Waals surface area contributed by atoms with E-state index >= 15 is 0 Å². The van der Waals surface area contributed by atoms with E-state index < -0.39 is 0 Å². The SMILES string of the molecule is CN(CCCO)Cc1cc(N2CCNCC2)cc(C(C)(C)C)c1. The van der Waals surface area contributed by atoms with Crippen molar-refractivity contribution in [1.29, 1.82) is 0 Å². The molecule has 1 aliphatic heterocycles. The molecule has 1 saturated heterocycles. The summed E-state index contributed by atoms with van der Waals surface area (Å²) in [6.07, 6.45) is 0.833. The predicted octanol–water partition coefficient (Wildman–Crippen LogP) is 2.21. The minimum Gasteiger partial charge on any atom is -0.396 e. The lowest BCUT2D eigenvalue weighted by molar-refractivity contribution is 0.244. The van der Waals surface area contributed by atoms with Crippen molar-refractivity contribution in [2.75, 3.05) is 51.3 Å². The Balaban J connectivity index is 2.22. The van der Waals surface area contributed by atoms with E-state index in [1.54, 1.807) is 0 Å². The van der Waals surface area contributed by atoms with Crippen LogP contribution in [0.25, 0.3) is 0 Å². The van der Waals surface area contributed by atoms with Gasteiger partial charge in [0.15, 0.2) is 0 Å². The maximum absolute atomic E-state index is 9.01. The second-order valence-corrected chi connectivity index (χ2v) is 7.69. The van der Waals surface area contributed by atoms with E-state index in [2.05, 4.69) is 61.1 Å². The van der Waals surface area contributed by atoms with Gasteiger partial charge in [0.25, 0.3) is 0 Å². The zero-order chi connectivity index (χ0) is 16.9. The van der Waals surface area contributed by atoms with Crippen LogP contribution in [0.2, 0.25) is 0 Å². The Kier molecular flexibility index (Phi) is 6.45. The fourth-order valence-electron chi connectivity index (χ4n) is 3.04. The van der Waals surface area contributed by atoms with Gasteiger partial charge in [0, 0.05) is 51.6 Å². The molecule has 0 amide bonds. The molecule has 1 fully saturated rings. The minimum atomic E-state index is 0.155. The molecule has 1 aromatic rings. The van der Waals surface area contributed by atoms with Crippen LogP contribution in [0.15, 0.2) is 18.2 Å². The fourth-order valence-corrected chi connectivity index (χ4v) is 3.04. The van der Waals surface area contributed by atoms with Gasteiger partial charge in [-0.05, 0) is 42.1 Å². The maximum atomic E-state index is 9.01. The summed E-state index contributed by atoms with van der Waals surface area (Å²) in [6, 6.07) is 7.06. The molecule has 1 heterocycles. The fraction of sp³-hybridized carbons (Fsp3) is 0.684. The van der Waals surface area contributed by atoms with E-state index in [1.807, 2.05) is 0 Å². The largest absolute Gasteiger partial charge is 0.396 e. The molecule has 4 nitrogen and oxygen atoms in total. The van der Waals surface area contributed by atoms with Gasteiger partial charge in [0.05, 0.1) is 0 Å². The van der Waals surface area contributed by atoms with Gasteiger partial charge in [-0.25, -0.2) is 0 Å². The molecule has 0 radical (unpaired) electrons. The molecule has 0 unspecified atom stereocenters. The number of nitrogens with one attached hydrogen (secondary N) is 1. The van der Waals surface area contributed by atoms with E-state index in [9.17, 15) is 0 Å². The first-order valence-electron chi connectivity index (χ1n) is 8.79. The van der Waals surface area contributed by atoms with E-state index in [0.29, 0.717) is 0 Å². The highest BCUT2D eigenvalue weighted by molar-refractivity contribution is 5.53. The third-order valence-corrected chi connectivity index (χ3v) is 4.48. The molecule has 130 valence electrons. The van der Waals surface area contributed by atoms with Gasteiger partial charge in [-0.2, -0.15) is 0 Å². The summed E-state index contributed by atoms with van der Waals surface area (Å²) in [5, 5.41) is 12.4. The van der Waals surface area contributed by atoms with Crippen LogP contribution in [0, 0.1) is 0 Å². The molecule has 0 atom stereocenters. The lowest BCUT2D eigenvalue weighted by atomic mass is 9.85. The summed E-state index contributed by atoms with van der Waals surface area (Å²) in [5.41, 5.74) is 4.28. The highest BCUT2D eigenvalue weighted by Gasteiger charge is 2.18.